The molecule has 0 aliphatic carbocycles. The van der Waals surface area contributed by atoms with Crippen molar-refractivity contribution in [3.05, 3.63) is 75.9 Å². The lowest BCUT2D eigenvalue weighted by atomic mass is 9.98. The smallest absolute Gasteiger partial charge is 0.193 e. The van der Waals surface area contributed by atoms with Gasteiger partial charge in [0.05, 0.1) is 5.52 Å². The van der Waals surface area contributed by atoms with Gasteiger partial charge in [0.25, 0.3) is 0 Å². The van der Waals surface area contributed by atoms with Gasteiger partial charge in [-0.3, -0.25) is 9.78 Å². The highest BCUT2D eigenvalue weighted by molar-refractivity contribution is 9.10. The lowest BCUT2D eigenvalue weighted by Gasteiger charge is -2.07. The summed E-state index contributed by atoms with van der Waals surface area (Å²) >= 11 is 3.46. The number of carbonyl (C=O) groups is 1. The molecule has 2 aromatic carbocycles. The Balaban J connectivity index is 2.10. The summed E-state index contributed by atoms with van der Waals surface area (Å²) in [7, 11) is 0. The third-order valence-corrected chi connectivity index (χ3v) is 4.24. The number of pyridine rings is 1. The van der Waals surface area contributed by atoms with Crippen LogP contribution in [-0.2, 0) is 0 Å². The van der Waals surface area contributed by atoms with Crippen LogP contribution in [0.4, 0.5) is 0 Å². The largest absolute Gasteiger partial charge is 0.289 e. The van der Waals surface area contributed by atoms with Crippen LogP contribution in [0.25, 0.3) is 10.9 Å². The zero-order valence-electron chi connectivity index (χ0n) is 10.9. The monoisotopic (exact) mass is 325 g/mol. The second-order valence-electron chi connectivity index (χ2n) is 4.65. The van der Waals surface area contributed by atoms with Gasteiger partial charge in [0.15, 0.2) is 5.78 Å². The van der Waals surface area contributed by atoms with E-state index < -0.39 is 0 Å². The van der Waals surface area contributed by atoms with Crippen molar-refractivity contribution in [1.82, 2.24) is 4.98 Å². The van der Waals surface area contributed by atoms with E-state index in [-0.39, 0.29) is 5.78 Å². The highest BCUT2D eigenvalue weighted by Gasteiger charge is 2.13. The summed E-state index contributed by atoms with van der Waals surface area (Å²) in [6.07, 6.45) is 1.74. The van der Waals surface area contributed by atoms with Crippen LogP contribution < -0.4 is 0 Å². The number of rotatable bonds is 2. The zero-order chi connectivity index (χ0) is 14.1. The molecule has 98 valence electrons. The van der Waals surface area contributed by atoms with Crippen molar-refractivity contribution in [2.75, 3.05) is 0 Å². The predicted molar refractivity (Wildman–Crippen MR) is 84.1 cm³/mol. The SMILES string of the molecule is Cc1c(Br)cccc1C(=O)c1ccc2cccnc2c1. The van der Waals surface area contributed by atoms with Gasteiger partial charge < -0.3 is 0 Å². The maximum Gasteiger partial charge on any atom is 0.193 e. The molecule has 0 radical (unpaired) electrons. The van der Waals surface area contributed by atoms with Crippen molar-refractivity contribution in [2.24, 2.45) is 0 Å². The van der Waals surface area contributed by atoms with E-state index in [1.807, 2.05) is 55.5 Å². The molecule has 20 heavy (non-hydrogen) atoms. The van der Waals surface area contributed by atoms with Gasteiger partial charge in [0.1, 0.15) is 0 Å². The molecule has 3 aromatic rings. The van der Waals surface area contributed by atoms with E-state index in [0.717, 1.165) is 26.5 Å². The Morgan fingerprint density at radius 1 is 1.10 bits per heavy atom. The van der Waals surface area contributed by atoms with Gasteiger partial charge in [0.2, 0.25) is 0 Å². The van der Waals surface area contributed by atoms with Crippen LogP contribution in [-0.4, -0.2) is 10.8 Å². The molecule has 0 unspecified atom stereocenters. The molecular formula is C17H12BrNO. The summed E-state index contributed by atoms with van der Waals surface area (Å²) < 4.78 is 0.947. The Labute approximate surface area is 125 Å². The maximum atomic E-state index is 12.6. The van der Waals surface area contributed by atoms with Crippen LogP contribution >= 0.6 is 15.9 Å². The van der Waals surface area contributed by atoms with Gasteiger partial charge in [0, 0.05) is 27.2 Å². The van der Waals surface area contributed by atoms with Gasteiger partial charge in [-0.2, -0.15) is 0 Å². The zero-order valence-corrected chi connectivity index (χ0v) is 12.5. The Kier molecular flexibility index (Phi) is 3.36. The summed E-state index contributed by atoms with van der Waals surface area (Å²) in [5.74, 6) is 0.0244. The van der Waals surface area contributed by atoms with Crippen molar-refractivity contribution in [3.63, 3.8) is 0 Å². The van der Waals surface area contributed by atoms with Crippen LogP contribution in [0, 0.1) is 6.92 Å². The number of fused-ring (bicyclic) bond motifs is 1. The maximum absolute atomic E-state index is 12.6. The molecule has 1 heterocycles. The van der Waals surface area contributed by atoms with E-state index >= 15 is 0 Å². The summed E-state index contributed by atoms with van der Waals surface area (Å²) in [6, 6.07) is 15.2. The molecular weight excluding hydrogens is 314 g/mol. The fourth-order valence-electron chi connectivity index (χ4n) is 2.22. The minimum atomic E-state index is 0.0244. The van der Waals surface area contributed by atoms with Crippen LogP contribution in [0.3, 0.4) is 0 Å². The molecule has 0 fully saturated rings. The molecule has 0 aliphatic heterocycles. The van der Waals surface area contributed by atoms with Crippen LogP contribution in [0.2, 0.25) is 0 Å². The number of carbonyl (C=O) groups excluding carboxylic acids is 1. The third-order valence-electron chi connectivity index (χ3n) is 3.38. The first kappa shape index (κ1) is 13.0. The van der Waals surface area contributed by atoms with Crippen LogP contribution in [0.15, 0.2) is 59.2 Å². The third kappa shape index (κ3) is 2.25. The molecule has 3 heteroatoms. The van der Waals surface area contributed by atoms with Crippen LogP contribution in [0.1, 0.15) is 21.5 Å². The molecule has 0 saturated heterocycles. The molecule has 0 atom stereocenters. The molecule has 0 saturated carbocycles. The molecule has 0 N–H and O–H groups in total. The molecule has 1 aromatic heterocycles. The number of hydrogen-bond donors (Lipinski definition) is 0. The quantitative estimate of drug-likeness (QED) is 0.647. The Morgan fingerprint density at radius 2 is 1.95 bits per heavy atom. The van der Waals surface area contributed by atoms with E-state index in [1.165, 1.54) is 0 Å². The highest BCUT2D eigenvalue weighted by atomic mass is 79.9. The normalized spacial score (nSPS) is 10.7. The Morgan fingerprint density at radius 3 is 2.80 bits per heavy atom. The van der Waals surface area contributed by atoms with Crippen molar-refractivity contribution < 1.29 is 4.79 Å². The average Bonchev–Trinajstić information content (AvgIpc) is 2.49. The summed E-state index contributed by atoms with van der Waals surface area (Å²) in [5.41, 5.74) is 3.18. The number of nitrogens with zero attached hydrogens (tertiary/aromatic N) is 1. The summed E-state index contributed by atoms with van der Waals surface area (Å²) in [4.78, 5) is 16.9. The first-order valence-corrected chi connectivity index (χ1v) is 7.11. The first-order valence-electron chi connectivity index (χ1n) is 6.31. The summed E-state index contributed by atoms with van der Waals surface area (Å²) in [6.45, 7) is 1.94. The molecule has 0 amide bonds. The fourth-order valence-corrected chi connectivity index (χ4v) is 2.58. The van der Waals surface area contributed by atoms with Crippen LogP contribution in [0.5, 0.6) is 0 Å². The number of ketones is 1. The predicted octanol–water partition coefficient (Wildman–Crippen LogP) is 4.54. The Bertz CT molecular complexity index is 811. The van der Waals surface area contributed by atoms with E-state index in [0.29, 0.717) is 5.56 Å². The van der Waals surface area contributed by atoms with Gasteiger partial charge in [-0.05, 0) is 30.7 Å². The molecule has 0 spiro atoms. The number of hydrogen-bond acceptors (Lipinski definition) is 2. The van der Waals surface area contributed by atoms with Crippen molar-refractivity contribution in [1.29, 1.82) is 0 Å². The number of benzene rings is 2. The summed E-state index contributed by atoms with van der Waals surface area (Å²) in [5, 5.41) is 1.04. The van der Waals surface area contributed by atoms with E-state index in [4.69, 9.17) is 0 Å². The highest BCUT2D eigenvalue weighted by Crippen LogP contribution is 2.23. The van der Waals surface area contributed by atoms with E-state index in [2.05, 4.69) is 20.9 Å². The first-order chi connectivity index (χ1) is 9.66. The minimum Gasteiger partial charge on any atom is -0.289 e. The Hall–Kier alpha value is -2.00. The van der Waals surface area contributed by atoms with Gasteiger partial charge in [-0.1, -0.05) is 46.3 Å². The number of halogens is 1. The standard InChI is InChI=1S/C17H12BrNO/c1-11-14(5-2-6-15(11)18)17(20)13-8-7-12-4-3-9-19-16(12)10-13/h2-10H,1H3. The average molecular weight is 326 g/mol. The van der Waals surface area contributed by atoms with Gasteiger partial charge in [-0.15, -0.1) is 0 Å². The number of aromatic nitrogens is 1. The molecule has 2 nitrogen and oxygen atoms in total. The van der Waals surface area contributed by atoms with Gasteiger partial charge in [-0.25, -0.2) is 0 Å². The fraction of sp³-hybridized carbons (Fsp3) is 0.0588. The molecule has 3 rings (SSSR count). The topological polar surface area (TPSA) is 30.0 Å². The lowest BCUT2D eigenvalue weighted by molar-refractivity contribution is 0.103. The second kappa shape index (κ2) is 5.17. The molecule has 0 bridgehead atoms. The van der Waals surface area contributed by atoms with E-state index in [1.54, 1.807) is 6.20 Å². The van der Waals surface area contributed by atoms with E-state index in [9.17, 15) is 4.79 Å². The van der Waals surface area contributed by atoms with Gasteiger partial charge >= 0.3 is 0 Å². The lowest BCUT2D eigenvalue weighted by Crippen LogP contribution is -2.04. The van der Waals surface area contributed by atoms with Crippen molar-refractivity contribution >= 4 is 32.6 Å². The molecule has 0 aliphatic rings. The minimum absolute atomic E-state index is 0.0244. The van der Waals surface area contributed by atoms with Crippen molar-refractivity contribution in [3.8, 4) is 0 Å². The second-order valence-corrected chi connectivity index (χ2v) is 5.51. The van der Waals surface area contributed by atoms with Crippen molar-refractivity contribution in [2.45, 2.75) is 6.92 Å².